The fourth-order valence-electron chi connectivity index (χ4n) is 1.16. The Bertz CT molecular complexity index is 372. The fraction of sp³-hybridized carbons (Fsp3) is 0.583. The minimum absolute atomic E-state index is 0.00458. The largest absolute Gasteiger partial charge is 0.475 e. The maximum atomic E-state index is 13.7. The number of pyridine rings is 1. The van der Waals surface area contributed by atoms with Gasteiger partial charge in [-0.05, 0) is 19.9 Å². The Morgan fingerprint density at radius 2 is 2.18 bits per heavy atom. The third-order valence-corrected chi connectivity index (χ3v) is 2.86. The number of hydrogen-bond acceptors (Lipinski definition) is 3. The van der Waals surface area contributed by atoms with Gasteiger partial charge in [0.1, 0.15) is 0 Å². The van der Waals surface area contributed by atoms with Crippen molar-refractivity contribution in [3.63, 3.8) is 0 Å². The fourth-order valence-corrected chi connectivity index (χ4v) is 1.37. The van der Waals surface area contributed by atoms with E-state index in [9.17, 15) is 4.39 Å². The second-order valence-electron chi connectivity index (χ2n) is 4.29. The molecule has 1 aromatic rings. The van der Waals surface area contributed by atoms with Crippen LogP contribution < -0.4 is 4.74 Å². The van der Waals surface area contributed by atoms with Gasteiger partial charge in [0.15, 0.2) is 5.82 Å². The van der Waals surface area contributed by atoms with Gasteiger partial charge in [-0.25, -0.2) is 9.37 Å². The van der Waals surface area contributed by atoms with Crippen LogP contribution in [0.3, 0.4) is 0 Å². The van der Waals surface area contributed by atoms with E-state index in [1.165, 1.54) is 12.3 Å². The zero-order valence-corrected chi connectivity index (χ0v) is 11.1. The number of aromatic nitrogens is 1. The molecule has 0 unspecified atom stereocenters. The van der Waals surface area contributed by atoms with E-state index in [2.05, 4.69) is 4.98 Å². The molecular weight excluding hydrogens is 245 g/mol. The van der Waals surface area contributed by atoms with Crippen molar-refractivity contribution >= 4 is 11.6 Å². The summed E-state index contributed by atoms with van der Waals surface area (Å²) >= 11 is 5.59. The third kappa shape index (κ3) is 4.13. The van der Waals surface area contributed by atoms with Crippen molar-refractivity contribution in [2.24, 2.45) is 0 Å². The Balaban J connectivity index is 2.58. The second kappa shape index (κ2) is 6.17. The van der Waals surface area contributed by atoms with Gasteiger partial charge in [-0.15, -0.1) is 11.6 Å². The quantitative estimate of drug-likeness (QED) is 0.737. The van der Waals surface area contributed by atoms with Gasteiger partial charge in [0.25, 0.3) is 5.88 Å². The van der Waals surface area contributed by atoms with Crippen molar-refractivity contribution in [1.29, 1.82) is 0 Å². The number of ether oxygens (including phenoxy) is 2. The molecule has 0 radical (unpaired) electrons. The maximum Gasteiger partial charge on any atom is 0.250 e. The highest BCUT2D eigenvalue weighted by Gasteiger charge is 2.17. The van der Waals surface area contributed by atoms with Gasteiger partial charge >= 0.3 is 0 Å². The molecule has 1 heterocycles. The number of nitrogens with zero attached hydrogens (tertiary/aromatic N) is 1. The summed E-state index contributed by atoms with van der Waals surface area (Å²) in [5, 5.41) is 0. The summed E-state index contributed by atoms with van der Waals surface area (Å²) in [6.45, 7) is 4.22. The lowest BCUT2D eigenvalue weighted by Crippen LogP contribution is -2.25. The van der Waals surface area contributed by atoms with Gasteiger partial charge in [-0.1, -0.05) is 0 Å². The van der Waals surface area contributed by atoms with Crippen LogP contribution in [0.4, 0.5) is 4.39 Å². The number of alkyl halides is 1. The van der Waals surface area contributed by atoms with E-state index in [0.29, 0.717) is 18.6 Å². The number of rotatable bonds is 6. The standard InChI is InChI=1S/C12H17ClFNO2/c1-12(2,16-3)5-7-17-11-10(14)9(8-13)4-6-15-11/h4,6H,5,7-8H2,1-3H3. The van der Waals surface area contributed by atoms with E-state index in [1.54, 1.807) is 7.11 Å². The molecule has 0 atom stereocenters. The van der Waals surface area contributed by atoms with E-state index >= 15 is 0 Å². The Hall–Kier alpha value is -0.870. The van der Waals surface area contributed by atoms with Crippen LogP contribution in [-0.2, 0) is 10.6 Å². The van der Waals surface area contributed by atoms with Crippen molar-refractivity contribution in [1.82, 2.24) is 4.98 Å². The predicted molar refractivity (Wildman–Crippen MR) is 65.0 cm³/mol. The molecule has 0 saturated carbocycles. The lowest BCUT2D eigenvalue weighted by atomic mass is 10.1. The molecule has 0 N–H and O–H groups in total. The Morgan fingerprint density at radius 1 is 1.47 bits per heavy atom. The van der Waals surface area contributed by atoms with Gasteiger partial charge in [0.05, 0.1) is 18.1 Å². The summed E-state index contributed by atoms with van der Waals surface area (Å²) in [7, 11) is 1.63. The van der Waals surface area contributed by atoms with Crippen molar-refractivity contribution in [3.8, 4) is 5.88 Å². The molecule has 0 aliphatic carbocycles. The smallest absolute Gasteiger partial charge is 0.250 e. The van der Waals surface area contributed by atoms with Crippen LogP contribution in [0.1, 0.15) is 25.8 Å². The van der Waals surface area contributed by atoms with Crippen LogP contribution in [-0.4, -0.2) is 24.3 Å². The van der Waals surface area contributed by atoms with Gasteiger partial charge in [-0.2, -0.15) is 0 Å². The van der Waals surface area contributed by atoms with Gasteiger partial charge < -0.3 is 9.47 Å². The summed E-state index contributed by atoms with van der Waals surface area (Å²) < 4.78 is 24.2. The molecule has 0 spiro atoms. The zero-order valence-electron chi connectivity index (χ0n) is 10.3. The Morgan fingerprint density at radius 3 is 2.76 bits per heavy atom. The average molecular weight is 262 g/mol. The number of halogens is 2. The lowest BCUT2D eigenvalue weighted by Gasteiger charge is -2.22. The normalized spacial score (nSPS) is 11.6. The first-order valence-electron chi connectivity index (χ1n) is 5.37. The molecular formula is C12H17ClFNO2. The second-order valence-corrected chi connectivity index (χ2v) is 4.55. The molecule has 1 rings (SSSR count). The molecule has 96 valence electrons. The molecule has 0 amide bonds. The molecule has 1 aromatic heterocycles. The minimum atomic E-state index is -0.488. The maximum absolute atomic E-state index is 13.7. The molecule has 3 nitrogen and oxygen atoms in total. The molecule has 0 bridgehead atoms. The van der Waals surface area contributed by atoms with Crippen LogP contribution in [0.2, 0.25) is 0 Å². The van der Waals surface area contributed by atoms with Crippen LogP contribution in [0.15, 0.2) is 12.3 Å². The van der Waals surface area contributed by atoms with Gasteiger partial charge in [0.2, 0.25) is 0 Å². The van der Waals surface area contributed by atoms with Crippen molar-refractivity contribution in [3.05, 3.63) is 23.6 Å². The summed E-state index contributed by atoms with van der Waals surface area (Å²) in [5.41, 5.74) is 0.100. The summed E-state index contributed by atoms with van der Waals surface area (Å²) in [4.78, 5) is 3.84. The van der Waals surface area contributed by atoms with Crippen LogP contribution in [0, 0.1) is 5.82 Å². The highest BCUT2D eigenvalue weighted by Crippen LogP contribution is 2.20. The minimum Gasteiger partial charge on any atom is -0.475 e. The lowest BCUT2D eigenvalue weighted by molar-refractivity contribution is 0.00472. The summed E-state index contributed by atoms with van der Waals surface area (Å²) in [6.07, 6.45) is 2.13. The number of methoxy groups -OCH3 is 1. The van der Waals surface area contributed by atoms with Crippen molar-refractivity contribution in [2.45, 2.75) is 31.7 Å². The van der Waals surface area contributed by atoms with E-state index < -0.39 is 5.82 Å². The Labute approximate surface area is 106 Å². The SMILES string of the molecule is COC(C)(C)CCOc1nccc(CCl)c1F. The van der Waals surface area contributed by atoms with Gasteiger partial charge in [-0.3, -0.25) is 0 Å². The van der Waals surface area contributed by atoms with E-state index in [-0.39, 0.29) is 17.4 Å². The van der Waals surface area contributed by atoms with Crippen molar-refractivity contribution in [2.75, 3.05) is 13.7 Å². The first-order valence-corrected chi connectivity index (χ1v) is 5.91. The highest BCUT2D eigenvalue weighted by molar-refractivity contribution is 6.17. The summed E-state index contributed by atoms with van der Waals surface area (Å²) in [5.74, 6) is -0.387. The van der Waals surface area contributed by atoms with E-state index in [1.807, 2.05) is 13.8 Å². The van der Waals surface area contributed by atoms with Crippen LogP contribution >= 0.6 is 11.6 Å². The molecule has 0 aromatic carbocycles. The summed E-state index contributed by atoms with van der Waals surface area (Å²) in [6, 6.07) is 1.54. The van der Waals surface area contributed by atoms with Crippen LogP contribution in [0.5, 0.6) is 5.88 Å². The van der Waals surface area contributed by atoms with Crippen LogP contribution in [0.25, 0.3) is 0 Å². The average Bonchev–Trinajstić information content (AvgIpc) is 2.31. The first-order chi connectivity index (χ1) is 8.00. The predicted octanol–water partition coefficient (Wildman–Crippen LogP) is 3.15. The topological polar surface area (TPSA) is 31.4 Å². The molecule has 5 heteroatoms. The zero-order chi connectivity index (χ0) is 12.9. The number of hydrogen-bond donors (Lipinski definition) is 0. The third-order valence-electron chi connectivity index (χ3n) is 2.58. The molecule has 17 heavy (non-hydrogen) atoms. The van der Waals surface area contributed by atoms with E-state index in [0.717, 1.165) is 0 Å². The Kier molecular flexibility index (Phi) is 5.15. The van der Waals surface area contributed by atoms with Crippen molar-refractivity contribution < 1.29 is 13.9 Å². The molecule has 0 saturated heterocycles. The first kappa shape index (κ1) is 14.2. The van der Waals surface area contributed by atoms with E-state index in [4.69, 9.17) is 21.1 Å². The molecule has 0 fully saturated rings. The molecule has 0 aliphatic heterocycles. The molecule has 0 aliphatic rings. The van der Waals surface area contributed by atoms with Gasteiger partial charge in [0, 0.05) is 25.3 Å². The monoisotopic (exact) mass is 261 g/mol. The highest BCUT2D eigenvalue weighted by atomic mass is 35.5.